The second-order valence-electron chi connectivity index (χ2n) is 2.53. The Morgan fingerprint density at radius 1 is 1.50 bits per heavy atom. The molecule has 0 N–H and O–H groups in total. The normalized spacial score (nSPS) is 9.92. The van der Waals surface area contributed by atoms with Gasteiger partial charge in [-0.1, -0.05) is 13.0 Å². The fourth-order valence-electron chi connectivity index (χ4n) is 1.07. The Labute approximate surface area is 75.6 Å². The highest BCUT2D eigenvalue weighted by atomic mass is 31.0. The third kappa shape index (κ3) is 1.95. The maximum atomic E-state index is 5.16. The molecule has 0 radical (unpaired) electrons. The number of aromatic nitrogens is 1. The summed E-state index contributed by atoms with van der Waals surface area (Å²) in [6, 6.07) is 4.11. The van der Waals surface area contributed by atoms with Crippen LogP contribution in [0.3, 0.4) is 0 Å². The summed E-state index contributed by atoms with van der Waals surface area (Å²) >= 11 is 0. The molecule has 0 fully saturated rings. The molecule has 0 aliphatic rings. The average Bonchev–Trinajstić information content (AvgIpc) is 2.16. The van der Waals surface area contributed by atoms with E-state index in [9.17, 15) is 0 Å². The monoisotopic (exact) mass is 183 g/mol. The van der Waals surface area contributed by atoms with Crippen molar-refractivity contribution in [1.82, 2.24) is 4.98 Å². The van der Waals surface area contributed by atoms with E-state index in [1.54, 1.807) is 7.11 Å². The summed E-state index contributed by atoms with van der Waals surface area (Å²) in [7, 11) is 4.31. The van der Waals surface area contributed by atoms with Gasteiger partial charge in [-0.2, -0.15) is 0 Å². The lowest BCUT2D eigenvalue weighted by atomic mass is 10.2. The summed E-state index contributed by atoms with van der Waals surface area (Å²) < 4.78 is 5.16. The molecule has 1 atom stereocenters. The van der Waals surface area contributed by atoms with Gasteiger partial charge in [0, 0.05) is 17.4 Å². The molecule has 1 heterocycles. The first kappa shape index (κ1) is 9.47. The van der Waals surface area contributed by atoms with E-state index in [0.717, 1.165) is 24.2 Å². The van der Waals surface area contributed by atoms with Crippen LogP contribution in [0.25, 0.3) is 0 Å². The minimum atomic E-state index is 0.762. The van der Waals surface area contributed by atoms with Crippen LogP contribution >= 0.6 is 9.24 Å². The summed E-state index contributed by atoms with van der Waals surface area (Å²) in [5.41, 5.74) is 2.22. The van der Waals surface area contributed by atoms with Crippen molar-refractivity contribution < 1.29 is 4.74 Å². The molecular formula is C9H14NOP. The van der Waals surface area contributed by atoms with Crippen LogP contribution in [0.1, 0.15) is 18.2 Å². The van der Waals surface area contributed by atoms with Crippen LogP contribution in [-0.4, -0.2) is 12.1 Å². The van der Waals surface area contributed by atoms with E-state index < -0.39 is 0 Å². The van der Waals surface area contributed by atoms with Crippen molar-refractivity contribution in [1.29, 1.82) is 0 Å². The molecule has 1 rings (SSSR count). The molecule has 3 heteroatoms. The van der Waals surface area contributed by atoms with Gasteiger partial charge < -0.3 is 4.74 Å². The molecule has 0 bridgehead atoms. The van der Waals surface area contributed by atoms with Gasteiger partial charge in [0.2, 0.25) is 5.88 Å². The van der Waals surface area contributed by atoms with Gasteiger partial charge in [0.25, 0.3) is 0 Å². The van der Waals surface area contributed by atoms with Crippen molar-refractivity contribution in [3.63, 3.8) is 0 Å². The third-order valence-corrected chi connectivity index (χ3v) is 2.20. The quantitative estimate of drug-likeness (QED) is 0.669. The van der Waals surface area contributed by atoms with Gasteiger partial charge in [-0.15, -0.1) is 9.24 Å². The summed E-state index contributed by atoms with van der Waals surface area (Å²) in [6.45, 7) is 2.10. The first-order valence-corrected chi connectivity index (χ1v) is 4.86. The Balaban J connectivity index is 3.02. The lowest BCUT2D eigenvalue weighted by molar-refractivity contribution is 0.392. The fourth-order valence-corrected chi connectivity index (χ4v) is 1.29. The molecule has 0 saturated carbocycles. The summed E-state index contributed by atoms with van der Waals surface area (Å²) in [6.07, 6.45) is 1.84. The van der Waals surface area contributed by atoms with Gasteiger partial charge in [-0.25, -0.2) is 4.98 Å². The van der Waals surface area contributed by atoms with E-state index in [4.69, 9.17) is 4.74 Å². The topological polar surface area (TPSA) is 22.1 Å². The largest absolute Gasteiger partial charge is 0.481 e. The average molecular weight is 183 g/mol. The smallest absolute Gasteiger partial charge is 0.216 e. The van der Waals surface area contributed by atoms with Gasteiger partial charge in [0.05, 0.1) is 7.11 Å². The second-order valence-corrected chi connectivity index (χ2v) is 2.94. The molecule has 2 nitrogen and oxygen atoms in total. The molecule has 1 unspecified atom stereocenters. The van der Waals surface area contributed by atoms with Crippen molar-refractivity contribution in [2.45, 2.75) is 19.5 Å². The first-order valence-electron chi connectivity index (χ1n) is 4.04. The number of methoxy groups -OCH3 is 1. The van der Waals surface area contributed by atoms with Crippen LogP contribution in [0.5, 0.6) is 5.88 Å². The standard InChI is InChI=1S/C9H14NOP/c1-3-7-4-5-8(6-12)10-9(7)11-2/h4-5H,3,6,12H2,1-2H3. The van der Waals surface area contributed by atoms with E-state index in [2.05, 4.69) is 27.2 Å². The van der Waals surface area contributed by atoms with E-state index >= 15 is 0 Å². The zero-order valence-electron chi connectivity index (χ0n) is 7.50. The molecule has 0 amide bonds. The second kappa shape index (κ2) is 4.42. The highest BCUT2D eigenvalue weighted by Gasteiger charge is 2.02. The Bertz CT molecular complexity index is 263. The zero-order valence-corrected chi connectivity index (χ0v) is 8.66. The Hall–Kier alpha value is -0.620. The Morgan fingerprint density at radius 3 is 2.75 bits per heavy atom. The Kier molecular flexibility index (Phi) is 3.48. The number of rotatable bonds is 3. The molecule has 0 spiro atoms. The zero-order chi connectivity index (χ0) is 8.97. The van der Waals surface area contributed by atoms with E-state index in [0.29, 0.717) is 0 Å². The molecule has 66 valence electrons. The summed E-state index contributed by atoms with van der Waals surface area (Å²) in [5.74, 6) is 0.762. The molecule has 1 aromatic heterocycles. The minimum absolute atomic E-state index is 0.762. The highest BCUT2D eigenvalue weighted by Crippen LogP contribution is 2.17. The fraction of sp³-hybridized carbons (Fsp3) is 0.444. The number of pyridine rings is 1. The van der Waals surface area contributed by atoms with E-state index in [-0.39, 0.29) is 0 Å². The van der Waals surface area contributed by atoms with Gasteiger partial charge in [-0.3, -0.25) is 0 Å². The van der Waals surface area contributed by atoms with Crippen molar-refractivity contribution in [3.05, 3.63) is 23.4 Å². The molecule has 1 aromatic rings. The van der Waals surface area contributed by atoms with Gasteiger partial charge in [0.15, 0.2) is 0 Å². The third-order valence-electron chi connectivity index (χ3n) is 1.78. The van der Waals surface area contributed by atoms with Crippen LogP contribution in [-0.2, 0) is 12.6 Å². The minimum Gasteiger partial charge on any atom is -0.481 e. The van der Waals surface area contributed by atoms with Gasteiger partial charge >= 0.3 is 0 Å². The van der Waals surface area contributed by atoms with Crippen LogP contribution in [0, 0.1) is 0 Å². The van der Waals surface area contributed by atoms with Crippen LogP contribution in [0.15, 0.2) is 12.1 Å². The van der Waals surface area contributed by atoms with Crippen molar-refractivity contribution in [3.8, 4) is 5.88 Å². The predicted octanol–water partition coefficient (Wildman–Crippen LogP) is 2.03. The van der Waals surface area contributed by atoms with Crippen molar-refractivity contribution in [2.75, 3.05) is 7.11 Å². The maximum Gasteiger partial charge on any atom is 0.216 e. The van der Waals surface area contributed by atoms with Crippen LogP contribution in [0.2, 0.25) is 0 Å². The maximum absolute atomic E-state index is 5.16. The molecule has 12 heavy (non-hydrogen) atoms. The lowest BCUT2D eigenvalue weighted by Crippen LogP contribution is -1.96. The molecule has 0 aliphatic heterocycles. The van der Waals surface area contributed by atoms with Gasteiger partial charge in [-0.05, 0) is 12.5 Å². The van der Waals surface area contributed by atoms with Crippen molar-refractivity contribution in [2.24, 2.45) is 0 Å². The molecular weight excluding hydrogens is 169 g/mol. The predicted molar refractivity (Wildman–Crippen MR) is 53.6 cm³/mol. The first-order chi connectivity index (χ1) is 5.81. The number of hydrogen-bond acceptors (Lipinski definition) is 2. The summed E-state index contributed by atoms with van der Waals surface area (Å²) in [4.78, 5) is 4.34. The number of hydrogen-bond donors (Lipinski definition) is 0. The van der Waals surface area contributed by atoms with Gasteiger partial charge in [0.1, 0.15) is 0 Å². The SMILES string of the molecule is CCc1ccc(CP)nc1OC. The number of aryl methyl sites for hydroxylation is 1. The van der Waals surface area contributed by atoms with Crippen LogP contribution < -0.4 is 4.74 Å². The number of nitrogens with zero attached hydrogens (tertiary/aromatic N) is 1. The van der Waals surface area contributed by atoms with E-state index in [1.807, 2.05) is 6.07 Å². The summed E-state index contributed by atoms with van der Waals surface area (Å²) in [5, 5.41) is 0. The molecule has 0 saturated heterocycles. The lowest BCUT2D eigenvalue weighted by Gasteiger charge is -2.06. The molecule has 0 aliphatic carbocycles. The van der Waals surface area contributed by atoms with Crippen LogP contribution in [0.4, 0.5) is 0 Å². The molecule has 0 aromatic carbocycles. The highest BCUT2D eigenvalue weighted by molar-refractivity contribution is 7.15. The Morgan fingerprint density at radius 2 is 2.25 bits per heavy atom. The van der Waals surface area contributed by atoms with E-state index in [1.165, 1.54) is 5.56 Å². The van der Waals surface area contributed by atoms with Crippen molar-refractivity contribution >= 4 is 9.24 Å². The number of ether oxygens (including phenoxy) is 1.